The number of ketones is 1. The molecule has 1 aromatic rings. The van der Waals surface area contributed by atoms with Gasteiger partial charge in [-0.15, -0.1) is 0 Å². The molecule has 5 heteroatoms. The van der Waals surface area contributed by atoms with Crippen LogP contribution in [0.25, 0.3) is 0 Å². The van der Waals surface area contributed by atoms with E-state index in [4.69, 9.17) is 0 Å². The van der Waals surface area contributed by atoms with Gasteiger partial charge in [-0.2, -0.15) is 0 Å². The van der Waals surface area contributed by atoms with Crippen LogP contribution in [0.5, 0.6) is 0 Å². The number of carbonyl (C=O) groups excluding carboxylic acids is 2. The number of nitrogens with one attached hydrogen (secondary N) is 1. The Morgan fingerprint density at radius 3 is 2.39 bits per heavy atom. The first kappa shape index (κ1) is 14.6. The highest BCUT2D eigenvalue weighted by Gasteiger charge is 2.06. The molecule has 0 bridgehead atoms. The first-order chi connectivity index (χ1) is 8.63. The lowest BCUT2D eigenvalue weighted by molar-refractivity contribution is -0.109. The maximum absolute atomic E-state index is 12.0. The smallest absolute Gasteiger partial charge is 0.207 e. The predicted octanol–water partition coefficient (Wildman–Crippen LogP) is -1.31. The number of hydrogen-bond donors (Lipinski definition) is 1. The van der Waals surface area contributed by atoms with Crippen LogP contribution in [0, 0.1) is 0 Å². The van der Waals surface area contributed by atoms with Crippen molar-refractivity contribution in [2.24, 2.45) is 0 Å². The van der Waals surface area contributed by atoms with Crippen molar-refractivity contribution in [1.29, 1.82) is 0 Å². The van der Waals surface area contributed by atoms with Crippen molar-refractivity contribution < 1.29 is 9.59 Å². The van der Waals surface area contributed by atoms with Crippen LogP contribution in [0.1, 0.15) is 36.0 Å². The van der Waals surface area contributed by atoms with Gasteiger partial charge in [0.1, 0.15) is 15.7 Å². The molecule has 94 valence electrons. The maximum Gasteiger partial charge on any atom is 0.207 e. The summed E-state index contributed by atoms with van der Waals surface area (Å²) in [5.41, 5.74) is 3.08. The standard InChI is InChI=1S/C13H19B2NO2/c14-11-6-10(7-12(15)8-11)13(18)4-2-1-3-5-16-9-17/h6-9H,1-5,14-15H2,(H,16,17). The molecule has 0 atom stereocenters. The monoisotopic (exact) mass is 243 g/mol. The van der Waals surface area contributed by atoms with Gasteiger partial charge >= 0.3 is 0 Å². The fourth-order valence-corrected chi connectivity index (χ4v) is 2.03. The fraction of sp³-hybridized carbons (Fsp3) is 0.385. The molecule has 0 unspecified atom stereocenters. The fourth-order valence-electron chi connectivity index (χ4n) is 2.03. The molecule has 0 fully saturated rings. The van der Waals surface area contributed by atoms with Crippen molar-refractivity contribution in [3.63, 3.8) is 0 Å². The van der Waals surface area contributed by atoms with Crippen molar-refractivity contribution in [3.05, 3.63) is 23.8 Å². The van der Waals surface area contributed by atoms with Gasteiger partial charge in [-0.3, -0.25) is 9.59 Å². The number of carbonyl (C=O) groups is 2. The van der Waals surface area contributed by atoms with Crippen molar-refractivity contribution in [1.82, 2.24) is 5.32 Å². The zero-order chi connectivity index (χ0) is 13.4. The molecule has 0 aliphatic rings. The number of unbranched alkanes of at least 4 members (excludes halogenated alkanes) is 2. The average Bonchev–Trinajstić information content (AvgIpc) is 2.32. The van der Waals surface area contributed by atoms with Crippen LogP contribution in [-0.2, 0) is 4.79 Å². The van der Waals surface area contributed by atoms with E-state index in [-0.39, 0.29) is 5.78 Å². The minimum atomic E-state index is 0.213. The van der Waals surface area contributed by atoms with Crippen molar-refractivity contribution in [2.45, 2.75) is 25.7 Å². The summed E-state index contributed by atoms with van der Waals surface area (Å²) < 4.78 is 0. The van der Waals surface area contributed by atoms with E-state index in [1.165, 1.54) is 0 Å². The Morgan fingerprint density at radius 1 is 1.11 bits per heavy atom. The van der Waals surface area contributed by atoms with Gasteiger partial charge in [-0.25, -0.2) is 0 Å². The molecule has 18 heavy (non-hydrogen) atoms. The van der Waals surface area contributed by atoms with Crippen LogP contribution >= 0.6 is 0 Å². The third-order valence-corrected chi connectivity index (χ3v) is 2.85. The number of benzene rings is 1. The number of hydrogen-bond acceptors (Lipinski definition) is 2. The third kappa shape index (κ3) is 5.21. The van der Waals surface area contributed by atoms with Crippen molar-refractivity contribution in [3.8, 4) is 0 Å². The van der Waals surface area contributed by atoms with E-state index >= 15 is 0 Å². The van der Waals surface area contributed by atoms with Gasteiger partial charge < -0.3 is 5.32 Å². The summed E-state index contributed by atoms with van der Waals surface area (Å²) in [7, 11) is 4.02. The molecule has 3 nitrogen and oxygen atoms in total. The minimum Gasteiger partial charge on any atom is -0.359 e. The van der Waals surface area contributed by atoms with Gasteiger partial charge in [-0.1, -0.05) is 35.5 Å². The van der Waals surface area contributed by atoms with Gasteiger partial charge in [-0.05, 0) is 12.8 Å². The molecule has 1 amide bonds. The van der Waals surface area contributed by atoms with E-state index in [9.17, 15) is 9.59 Å². The molecular formula is C13H19B2NO2. The molecule has 0 aliphatic heterocycles. The van der Waals surface area contributed by atoms with Gasteiger partial charge in [0.2, 0.25) is 6.41 Å². The zero-order valence-electron chi connectivity index (χ0n) is 11.2. The highest BCUT2D eigenvalue weighted by Crippen LogP contribution is 2.06. The molecular weight excluding hydrogens is 224 g/mol. The maximum atomic E-state index is 12.0. The first-order valence-electron chi connectivity index (χ1n) is 6.42. The normalized spacial score (nSPS) is 10.0. The van der Waals surface area contributed by atoms with E-state index in [0.717, 1.165) is 35.8 Å². The Hall–Kier alpha value is -1.51. The molecule has 1 aromatic carbocycles. The molecule has 0 spiro atoms. The van der Waals surface area contributed by atoms with Gasteiger partial charge in [0.05, 0.1) is 0 Å². The van der Waals surface area contributed by atoms with Crippen LogP contribution in [0.15, 0.2) is 18.2 Å². The lowest BCUT2D eigenvalue weighted by Crippen LogP contribution is -2.17. The largest absolute Gasteiger partial charge is 0.359 e. The van der Waals surface area contributed by atoms with E-state index in [1.54, 1.807) is 0 Å². The minimum absolute atomic E-state index is 0.213. The summed E-state index contributed by atoms with van der Waals surface area (Å²) in [4.78, 5) is 22.0. The lowest BCUT2D eigenvalue weighted by Gasteiger charge is -2.05. The molecule has 0 aliphatic carbocycles. The average molecular weight is 243 g/mol. The number of rotatable bonds is 8. The van der Waals surface area contributed by atoms with E-state index in [1.807, 2.05) is 27.8 Å². The van der Waals surface area contributed by atoms with Gasteiger partial charge in [0.15, 0.2) is 5.78 Å². The molecule has 0 radical (unpaired) electrons. The SMILES string of the molecule is Bc1cc(B)cc(C(=O)CCCCCNC=O)c1. The molecule has 0 aromatic heterocycles. The molecule has 1 rings (SSSR count). The second-order valence-electron chi connectivity index (χ2n) is 4.68. The quantitative estimate of drug-likeness (QED) is 0.267. The van der Waals surface area contributed by atoms with Crippen molar-refractivity contribution >= 4 is 38.8 Å². The second-order valence-corrected chi connectivity index (χ2v) is 4.68. The highest BCUT2D eigenvalue weighted by atomic mass is 16.1. The van der Waals surface area contributed by atoms with Gasteiger partial charge in [0.25, 0.3) is 0 Å². The Kier molecular flexibility index (Phi) is 6.26. The molecule has 0 saturated carbocycles. The number of amides is 1. The summed E-state index contributed by atoms with van der Waals surface area (Å²) in [5, 5.41) is 2.62. The number of Topliss-reactive ketones (excluding diaryl/α,β-unsaturated/α-hetero) is 1. The summed E-state index contributed by atoms with van der Waals surface area (Å²) in [6.07, 6.45) is 4.08. The first-order valence-corrected chi connectivity index (χ1v) is 6.42. The summed E-state index contributed by atoms with van der Waals surface area (Å²) in [6, 6.07) is 5.97. The topological polar surface area (TPSA) is 46.2 Å². The predicted molar refractivity (Wildman–Crippen MR) is 79.7 cm³/mol. The Balaban J connectivity index is 2.34. The van der Waals surface area contributed by atoms with E-state index < -0.39 is 0 Å². The zero-order valence-corrected chi connectivity index (χ0v) is 11.2. The summed E-state index contributed by atoms with van der Waals surface area (Å²) in [5.74, 6) is 0.213. The van der Waals surface area contributed by atoms with Crippen LogP contribution in [0.3, 0.4) is 0 Å². The van der Waals surface area contributed by atoms with E-state index in [2.05, 4.69) is 11.4 Å². The molecule has 0 saturated heterocycles. The summed E-state index contributed by atoms with van der Waals surface area (Å²) in [6.45, 7) is 0.696. The van der Waals surface area contributed by atoms with Crippen molar-refractivity contribution in [2.75, 3.05) is 6.54 Å². The molecule has 0 heterocycles. The Bertz CT molecular complexity index is 401. The van der Waals surface area contributed by atoms with E-state index in [0.29, 0.717) is 19.4 Å². The van der Waals surface area contributed by atoms with Crippen LogP contribution < -0.4 is 16.2 Å². The summed E-state index contributed by atoms with van der Waals surface area (Å²) >= 11 is 0. The Labute approximate surface area is 110 Å². The van der Waals surface area contributed by atoms with Crippen LogP contribution in [0.4, 0.5) is 0 Å². The lowest BCUT2D eigenvalue weighted by atomic mass is 9.84. The third-order valence-electron chi connectivity index (χ3n) is 2.85. The Morgan fingerprint density at radius 2 is 1.78 bits per heavy atom. The van der Waals surface area contributed by atoms with Crippen LogP contribution in [0.2, 0.25) is 0 Å². The van der Waals surface area contributed by atoms with Crippen LogP contribution in [-0.4, -0.2) is 34.4 Å². The van der Waals surface area contributed by atoms with Gasteiger partial charge in [0, 0.05) is 18.5 Å². The molecule has 1 N–H and O–H groups in total. The highest BCUT2D eigenvalue weighted by molar-refractivity contribution is 6.38. The second kappa shape index (κ2) is 7.75.